The quantitative estimate of drug-likeness (QED) is 0.711. The van der Waals surface area contributed by atoms with Gasteiger partial charge in [0.15, 0.2) is 0 Å². The van der Waals surface area contributed by atoms with Crippen molar-refractivity contribution in [1.82, 2.24) is 25.3 Å². The number of nitrogens with one attached hydrogen (secondary N) is 1. The largest absolute Gasteiger partial charge is 0.381 e. The Labute approximate surface area is 174 Å². The third kappa shape index (κ3) is 3.70. The molecule has 0 radical (unpaired) electrons. The summed E-state index contributed by atoms with van der Waals surface area (Å²) >= 11 is 0. The second-order valence-electron chi connectivity index (χ2n) is 7.67. The smallest absolute Gasteiger partial charge is 0.277 e. The van der Waals surface area contributed by atoms with Crippen LogP contribution in [0.25, 0.3) is 10.9 Å². The van der Waals surface area contributed by atoms with Gasteiger partial charge in [-0.2, -0.15) is 0 Å². The minimum absolute atomic E-state index is 0.0228. The zero-order valence-corrected chi connectivity index (χ0v) is 17.4. The molecule has 1 aliphatic rings. The number of ether oxygens (including phenoxy) is 1. The maximum absolute atomic E-state index is 13.2. The van der Waals surface area contributed by atoms with Crippen LogP contribution in [0.4, 0.5) is 0 Å². The van der Waals surface area contributed by atoms with Crippen LogP contribution in [0.1, 0.15) is 51.6 Å². The second-order valence-corrected chi connectivity index (χ2v) is 7.67. The average Bonchev–Trinajstić information content (AvgIpc) is 2.78. The molecule has 1 aromatic carbocycles. The van der Waals surface area contributed by atoms with Gasteiger partial charge in [0.1, 0.15) is 11.2 Å². The van der Waals surface area contributed by atoms with Gasteiger partial charge < -0.3 is 10.1 Å². The van der Waals surface area contributed by atoms with Crippen molar-refractivity contribution < 1.29 is 9.53 Å². The zero-order valence-electron chi connectivity index (χ0n) is 17.4. The van der Waals surface area contributed by atoms with Crippen molar-refractivity contribution in [1.29, 1.82) is 0 Å². The van der Waals surface area contributed by atoms with Gasteiger partial charge >= 0.3 is 0 Å². The maximum atomic E-state index is 13.2. The number of benzene rings is 1. The van der Waals surface area contributed by atoms with E-state index in [2.05, 4.69) is 20.6 Å². The van der Waals surface area contributed by atoms with Gasteiger partial charge in [0.2, 0.25) is 0 Å². The third-order valence-corrected chi connectivity index (χ3v) is 5.87. The number of pyridine rings is 1. The fourth-order valence-corrected chi connectivity index (χ4v) is 3.88. The third-order valence-electron chi connectivity index (χ3n) is 5.87. The summed E-state index contributed by atoms with van der Waals surface area (Å²) < 4.78 is 6.92. The summed E-state index contributed by atoms with van der Waals surface area (Å²) in [5.41, 5.74) is 4.97. The first-order chi connectivity index (χ1) is 14.5. The molecule has 1 saturated heterocycles. The van der Waals surface area contributed by atoms with E-state index < -0.39 is 0 Å². The lowest BCUT2D eigenvalue weighted by Crippen LogP contribution is -2.32. The van der Waals surface area contributed by atoms with Crippen LogP contribution in [-0.4, -0.2) is 46.1 Å². The molecule has 156 valence electrons. The van der Waals surface area contributed by atoms with Crippen LogP contribution in [0.2, 0.25) is 0 Å². The predicted molar refractivity (Wildman–Crippen MR) is 113 cm³/mol. The van der Waals surface area contributed by atoms with Crippen LogP contribution in [0.5, 0.6) is 0 Å². The molecule has 1 amide bonds. The number of carbonyl (C=O) groups excluding carboxylic acids is 1. The van der Waals surface area contributed by atoms with Gasteiger partial charge in [-0.3, -0.25) is 14.6 Å². The first-order valence-electron chi connectivity index (χ1n) is 10.1. The predicted octanol–water partition coefficient (Wildman–Crippen LogP) is 2.11. The summed E-state index contributed by atoms with van der Waals surface area (Å²) in [6.45, 7) is 5.27. The van der Waals surface area contributed by atoms with E-state index in [1.807, 2.05) is 26.0 Å². The molecule has 3 aromatic rings. The topological polar surface area (TPSA) is 99.0 Å². The zero-order chi connectivity index (χ0) is 21.3. The standard InChI is InChI=1S/C22H25N5O3/c1-13-14(2)20-18(22(29)27(26-25-20)17-6-8-30-9-7-17)11-16(13)10-15-4-5-19(24-12-15)21(28)23-3/h4-5,11-12,17H,6-10H2,1-3H3,(H,23,28). The van der Waals surface area contributed by atoms with Gasteiger partial charge in [0.05, 0.1) is 11.4 Å². The molecular formula is C22H25N5O3. The van der Waals surface area contributed by atoms with Gasteiger partial charge in [-0.15, -0.1) is 5.10 Å². The van der Waals surface area contributed by atoms with Crippen molar-refractivity contribution in [2.75, 3.05) is 20.3 Å². The fraction of sp³-hybridized carbons (Fsp3) is 0.409. The van der Waals surface area contributed by atoms with E-state index in [0.29, 0.717) is 36.2 Å². The molecule has 2 aromatic heterocycles. The summed E-state index contributed by atoms with van der Waals surface area (Å²) in [5, 5.41) is 11.8. The van der Waals surface area contributed by atoms with Crippen LogP contribution in [0, 0.1) is 13.8 Å². The maximum Gasteiger partial charge on any atom is 0.277 e. The Hall–Kier alpha value is -3.13. The molecule has 0 aliphatic carbocycles. The lowest BCUT2D eigenvalue weighted by molar-refractivity contribution is 0.0641. The van der Waals surface area contributed by atoms with E-state index in [0.717, 1.165) is 35.1 Å². The number of rotatable bonds is 4. The Morgan fingerprint density at radius 3 is 2.67 bits per heavy atom. The summed E-state index contributed by atoms with van der Waals surface area (Å²) in [6, 6.07) is 5.55. The van der Waals surface area contributed by atoms with Crippen molar-refractivity contribution in [2.45, 2.75) is 39.2 Å². The van der Waals surface area contributed by atoms with E-state index in [1.54, 1.807) is 19.3 Å². The highest BCUT2D eigenvalue weighted by molar-refractivity contribution is 5.91. The summed E-state index contributed by atoms with van der Waals surface area (Å²) in [5.74, 6) is -0.216. The highest BCUT2D eigenvalue weighted by Gasteiger charge is 2.21. The summed E-state index contributed by atoms with van der Waals surface area (Å²) in [7, 11) is 1.58. The van der Waals surface area contributed by atoms with Gasteiger partial charge in [0.25, 0.3) is 11.5 Å². The monoisotopic (exact) mass is 407 g/mol. The Morgan fingerprint density at radius 2 is 2.00 bits per heavy atom. The van der Waals surface area contributed by atoms with Crippen molar-refractivity contribution in [2.24, 2.45) is 0 Å². The molecule has 3 heterocycles. The molecule has 0 saturated carbocycles. The molecular weight excluding hydrogens is 382 g/mol. The van der Waals surface area contributed by atoms with Crippen molar-refractivity contribution >= 4 is 16.8 Å². The van der Waals surface area contributed by atoms with Crippen LogP contribution >= 0.6 is 0 Å². The molecule has 1 aliphatic heterocycles. The van der Waals surface area contributed by atoms with Crippen molar-refractivity contribution in [3.63, 3.8) is 0 Å². The number of fused-ring (bicyclic) bond motifs is 1. The number of nitrogens with zero attached hydrogens (tertiary/aromatic N) is 4. The minimum Gasteiger partial charge on any atom is -0.381 e. The normalized spacial score (nSPS) is 14.8. The molecule has 0 atom stereocenters. The van der Waals surface area contributed by atoms with Crippen LogP contribution in [0.3, 0.4) is 0 Å². The first kappa shape index (κ1) is 20.2. The fourth-order valence-electron chi connectivity index (χ4n) is 3.88. The number of amides is 1. The Kier molecular flexibility index (Phi) is 5.59. The first-order valence-corrected chi connectivity index (χ1v) is 10.1. The highest BCUT2D eigenvalue weighted by Crippen LogP contribution is 2.24. The van der Waals surface area contributed by atoms with Gasteiger partial charge in [-0.25, -0.2) is 4.68 Å². The van der Waals surface area contributed by atoms with E-state index in [4.69, 9.17) is 4.74 Å². The van der Waals surface area contributed by atoms with Crippen LogP contribution < -0.4 is 10.9 Å². The highest BCUT2D eigenvalue weighted by atomic mass is 16.5. The SMILES string of the molecule is CNC(=O)c1ccc(Cc2cc3c(=O)n(C4CCOCC4)nnc3c(C)c2C)cn1. The molecule has 1 N–H and O–H groups in total. The van der Waals surface area contributed by atoms with E-state index in [9.17, 15) is 9.59 Å². The molecule has 8 heteroatoms. The van der Waals surface area contributed by atoms with E-state index in [-0.39, 0.29) is 17.5 Å². The van der Waals surface area contributed by atoms with Crippen molar-refractivity contribution in [3.8, 4) is 0 Å². The number of aromatic nitrogens is 4. The van der Waals surface area contributed by atoms with E-state index in [1.165, 1.54) is 4.68 Å². The van der Waals surface area contributed by atoms with Crippen LogP contribution in [-0.2, 0) is 11.2 Å². The number of aryl methyl sites for hydroxylation is 1. The summed E-state index contributed by atoms with van der Waals surface area (Å²) in [6.07, 6.45) is 3.85. The average molecular weight is 407 g/mol. The van der Waals surface area contributed by atoms with Crippen molar-refractivity contribution in [3.05, 3.63) is 62.7 Å². The number of hydrogen-bond acceptors (Lipinski definition) is 6. The molecule has 8 nitrogen and oxygen atoms in total. The lowest BCUT2D eigenvalue weighted by atomic mass is 9.95. The van der Waals surface area contributed by atoms with Gasteiger partial charge in [-0.1, -0.05) is 11.3 Å². The molecule has 30 heavy (non-hydrogen) atoms. The molecule has 4 rings (SSSR count). The summed E-state index contributed by atoms with van der Waals surface area (Å²) in [4.78, 5) is 29.1. The Balaban J connectivity index is 1.73. The van der Waals surface area contributed by atoms with E-state index >= 15 is 0 Å². The molecule has 0 bridgehead atoms. The number of hydrogen-bond donors (Lipinski definition) is 1. The molecule has 0 unspecified atom stereocenters. The minimum atomic E-state index is -0.216. The second kappa shape index (κ2) is 8.31. The Morgan fingerprint density at radius 1 is 1.23 bits per heavy atom. The van der Waals surface area contributed by atoms with Gasteiger partial charge in [-0.05, 0) is 67.5 Å². The number of carbonyl (C=O) groups is 1. The van der Waals surface area contributed by atoms with Crippen LogP contribution in [0.15, 0.2) is 29.2 Å². The lowest BCUT2D eigenvalue weighted by Gasteiger charge is -2.23. The van der Waals surface area contributed by atoms with Gasteiger partial charge in [0, 0.05) is 26.5 Å². The Bertz CT molecular complexity index is 1150. The molecule has 1 fully saturated rings. The molecule has 0 spiro atoms.